The van der Waals surface area contributed by atoms with Crippen molar-refractivity contribution in [2.75, 3.05) is 5.73 Å². The van der Waals surface area contributed by atoms with Crippen molar-refractivity contribution in [2.45, 2.75) is 12.8 Å². The number of nitrogens with zero attached hydrogens (tertiary/aromatic N) is 1. The number of aromatic amines is 2. The number of aromatic nitrogens is 3. The molecule has 0 amide bonds. The van der Waals surface area contributed by atoms with E-state index in [-0.39, 0.29) is 0 Å². The molecule has 2 aromatic heterocycles. The number of H-pyrrole nitrogens is 2. The molecule has 0 spiro atoms. The standard InChI is InChI=1S/C13H14N4/c14-13-16-8-10(17-13)6-5-9-7-15-12-4-2-1-3-11(9)12/h1-4,7-8,15H,5-6H2,(H3,14,16,17). The van der Waals surface area contributed by atoms with Gasteiger partial charge in [-0.05, 0) is 24.5 Å². The lowest BCUT2D eigenvalue weighted by Crippen LogP contribution is -1.91. The first kappa shape index (κ1) is 9.96. The molecule has 2 heterocycles. The van der Waals surface area contributed by atoms with Gasteiger partial charge in [0.15, 0.2) is 5.95 Å². The van der Waals surface area contributed by atoms with Gasteiger partial charge in [0.25, 0.3) is 0 Å². The SMILES string of the molecule is Nc1ncc(CCc2c[nH]c3ccccc23)[nH]1. The summed E-state index contributed by atoms with van der Waals surface area (Å²) in [7, 11) is 0. The van der Waals surface area contributed by atoms with Gasteiger partial charge in [-0.3, -0.25) is 0 Å². The highest BCUT2D eigenvalue weighted by atomic mass is 15.0. The summed E-state index contributed by atoms with van der Waals surface area (Å²) in [5.74, 6) is 0.485. The van der Waals surface area contributed by atoms with Crippen LogP contribution in [0.25, 0.3) is 10.9 Å². The molecule has 0 atom stereocenters. The Morgan fingerprint density at radius 3 is 2.88 bits per heavy atom. The number of aryl methyl sites for hydroxylation is 2. The Morgan fingerprint density at radius 1 is 1.18 bits per heavy atom. The fourth-order valence-corrected chi connectivity index (χ4v) is 2.11. The summed E-state index contributed by atoms with van der Waals surface area (Å²) in [6, 6.07) is 8.33. The molecule has 0 aliphatic rings. The molecule has 4 heteroatoms. The molecule has 0 aliphatic heterocycles. The van der Waals surface area contributed by atoms with E-state index in [2.05, 4.69) is 39.3 Å². The molecule has 0 fully saturated rings. The lowest BCUT2D eigenvalue weighted by molar-refractivity contribution is 0.933. The zero-order valence-electron chi connectivity index (χ0n) is 9.40. The van der Waals surface area contributed by atoms with Crippen LogP contribution in [0.3, 0.4) is 0 Å². The van der Waals surface area contributed by atoms with Crippen LogP contribution in [0.15, 0.2) is 36.7 Å². The number of benzene rings is 1. The van der Waals surface area contributed by atoms with E-state index in [0.717, 1.165) is 18.5 Å². The van der Waals surface area contributed by atoms with Crippen molar-refractivity contribution in [2.24, 2.45) is 0 Å². The van der Waals surface area contributed by atoms with Crippen LogP contribution in [-0.2, 0) is 12.8 Å². The molecule has 86 valence electrons. The molecule has 0 unspecified atom stereocenters. The van der Waals surface area contributed by atoms with E-state index in [1.807, 2.05) is 6.07 Å². The van der Waals surface area contributed by atoms with Gasteiger partial charge < -0.3 is 15.7 Å². The molecule has 0 bridgehead atoms. The first-order valence-electron chi connectivity index (χ1n) is 5.67. The minimum absolute atomic E-state index is 0.485. The second-order valence-electron chi connectivity index (χ2n) is 4.15. The number of fused-ring (bicyclic) bond motifs is 1. The van der Waals surface area contributed by atoms with Crippen LogP contribution in [0, 0.1) is 0 Å². The Hall–Kier alpha value is -2.23. The Kier molecular flexibility index (Phi) is 2.33. The van der Waals surface area contributed by atoms with Gasteiger partial charge in [-0.15, -0.1) is 0 Å². The van der Waals surface area contributed by atoms with Crippen molar-refractivity contribution >= 4 is 16.9 Å². The average molecular weight is 226 g/mol. The van der Waals surface area contributed by atoms with E-state index in [4.69, 9.17) is 5.73 Å². The lowest BCUT2D eigenvalue weighted by atomic mass is 10.1. The molecule has 1 aromatic carbocycles. The van der Waals surface area contributed by atoms with Crippen LogP contribution < -0.4 is 5.73 Å². The number of rotatable bonds is 3. The molecule has 0 radical (unpaired) electrons. The summed E-state index contributed by atoms with van der Waals surface area (Å²) in [5, 5.41) is 1.29. The molecule has 17 heavy (non-hydrogen) atoms. The van der Waals surface area contributed by atoms with Crippen molar-refractivity contribution < 1.29 is 0 Å². The fourth-order valence-electron chi connectivity index (χ4n) is 2.11. The van der Waals surface area contributed by atoms with Gasteiger partial charge in [0.05, 0.1) is 6.20 Å². The van der Waals surface area contributed by atoms with Gasteiger partial charge in [0.1, 0.15) is 0 Å². The second-order valence-corrected chi connectivity index (χ2v) is 4.15. The summed E-state index contributed by atoms with van der Waals surface area (Å²) in [4.78, 5) is 10.3. The molecule has 0 aliphatic carbocycles. The summed E-state index contributed by atoms with van der Waals surface area (Å²) in [5.41, 5.74) is 9.14. The Balaban J connectivity index is 1.81. The summed E-state index contributed by atoms with van der Waals surface area (Å²) >= 11 is 0. The number of imidazole rings is 1. The predicted octanol–water partition coefficient (Wildman–Crippen LogP) is 2.26. The number of nitrogen functional groups attached to an aromatic ring is 1. The van der Waals surface area contributed by atoms with E-state index < -0.39 is 0 Å². The fraction of sp³-hybridized carbons (Fsp3) is 0.154. The van der Waals surface area contributed by atoms with Crippen molar-refractivity contribution in [1.82, 2.24) is 15.0 Å². The smallest absolute Gasteiger partial charge is 0.197 e. The molecule has 4 N–H and O–H groups in total. The van der Waals surface area contributed by atoms with Crippen molar-refractivity contribution in [3.63, 3.8) is 0 Å². The van der Waals surface area contributed by atoms with E-state index in [1.165, 1.54) is 16.5 Å². The van der Waals surface area contributed by atoms with E-state index in [1.54, 1.807) is 6.20 Å². The first-order chi connectivity index (χ1) is 8.33. The highest BCUT2D eigenvalue weighted by molar-refractivity contribution is 5.83. The lowest BCUT2D eigenvalue weighted by Gasteiger charge is -1.97. The van der Waals surface area contributed by atoms with Gasteiger partial charge in [-0.1, -0.05) is 18.2 Å². The quantitative estimate of drug-likeness (QED) is 0.641. The normalized spacial score (nSPS) is 11.1. The summed E-state index contributed by atoms with van der Waals surface area (Å²) in [6.07, 6.45) is 5.77. The minimum Gasteiger partial charge on any atom is -0.369 e. The number of nitrogens with one attached hydrogen (secondary N) is 2. The minimum atomic E-state index is 0.485. The van der Waals surface area contributed by atoms with Crippen LogP contribution in [-0.4, -0.2) is 15.0 Å². The largest absolute Gasteiger partial charge is 0.369 e. The second kappa shape index (κ2) is 3.97. The van der Waals surface area contributed by atoms with Crippen LogP contribution in [0.5, 0.6) is 0 Å². The van der Waals surface area contributed by atoms with Gasteiger partial charge >= 0.3 is 0 Å². The molecule has 0 saturated carbocycles. The highest BCUT2D eigenvalue weighted by Crippen LogP contribution is 2.19. The zero-order valence-corrected chi connectivity index (χ0v) is 9.40. The maximum atomic E-state index is 5.55. The van der Waals surface area contributed by atoms with Crippen LogP contribution in [0.4, 0.5) is 5.95 Å². The third kappa shape index (κ3) is 1.89. The molecular weight excluding hydrogens is 212 g/mol. The van der Waals surface area contributed by atoms with Crippen molar-refractivity contribution in [3.05, 3.63) is 47.9 Å². The Morgan fingerprint density at radius 2 is 2.06 bits per heavy atom. The first-order valence-corrected chi connectivity index (χ1v) is 5.67. The van der Waals surface area contributed by atoms with Crippen molar-refractivity contribution in [3.8, 4) is 0 Å². The third-order valence-corrected chi connectivity index (χ3v) is 2.99. The molecule has 3 rings (SSSR count). The van der Waals surface area contributed by atoms with E-state index >= 15 is 0 Å². The van der Waals surface area contributed by atoms with E-state index in [9.17, 15) is 0 Å². The maximum Gasteiger partial charge on any atom is 0.197 e. The molecular formula is C13H14N4. The molecule has 4 nitrogen and oxygen atoms in total. The van der Waals surface area contributed by atoms with E-state index in [0.29, 0.717) is 5.95 Å². The summed E-state index contributed by atoms with van der Waals surface area (Å²) in [6.45, 7) is 0. The molecule has 0 saturated heterocycles. The summed E-state index contributed by atoms with van der Waals surface area (Å²) < 4.78 is 0. The predicted molar refractivity (Wildman–Crippen MR) is 68.7 cm³/mol. The monoisotopic (exact) mass is 226 g/mol. The third-order valence-electron chi connectivity index (χ3n) is 2.99. The Bertz CT molecular complexity index is 635. The van der Waals surface area contributed by atoms with Crippen molar-refractivity contribution in [1.29, 1.82) is 0 Å². The van der Waals surface area contributed by atoms with Crippen LogP contribution >= 0.6 is 0 Å². The number of hydrogen-bond acceptors (Lipinski definition) is 2. The average Bonchev–Trinajstić information content (AvgIpc) is 2.93. The van der Waals surface area contributed by atoms with Crippen LogP contribution in [0.2, 0.25) is 0 Å². The Labute approximate surface area is 98.9 Å². The topological polar surface area (TPSA) is 70.5 Å². The van der Waals surface area contributed by atoms with Gasteiger partial charge in [-0.2, -0.15) is 0 Å². The molecule has 3 aromatic rings. The number of para-hydroxylation sites is 1. The van der Waals surface area contributed by atoms with Crippen LogP contribution in [0.1, 0.15) is 11.3 Å². The van der Waals surface area contributed by atoms with Gasteiger partial charge in [-0.25, -0.2) is 4.98 Å². The maximum absolute atomic E-state index is 5.55. The number of nitrogens with two attached hydrogens (primary N) is 1. The highest BCUT2D eigenvalue weighted by Gasteiger charge is 2.04. The zero-order chi connectivity index (χ0) is 11.7. The van der Waals surface area contributed by atoms with Gasteiger partial charge in [0, 0.05) is 22.8 Å². The number of anilines is 1. The number of hydrogen-bond donors (Lipinski definition) is 3. The van der Waals surface area contributed by atoms with Gasteiger partial charge in [0.2, 0.25) is 0 Å².